The van der Waals surface area contributed by atoms with E-state index in [2.05, 4.69) is 56.7 Å². The lowest BCUT2D eigenvalue weighted by atomic mass is 9.96. The van der Waals surface area contributed by atoms with Gasteiger partial charge in [0, 0.05) is 56.6 Å². The van der Waals surface area contributed by atoms with Gasteiger partial charge in [0.15, 0.2) is 0 Å². The quantitative estimate of drug-likeness (QED) is 0.536. The van der Waals surface area contributed by atoms with Gasteiger partial charge in [-0.2, -0.15) is 0 Å². The monoisotopic (exact) mass is 485 g/mol. The zero-order chi connectivity index (χ0) is 25.1. The number of piperidine rings is 1. The first-order valence-corrected chi connectivity index (χ1v) is 12.8. The first kappa shape index (κ1) is 24.1. The van der Waals surface area contributed by atoms with Gasteiger partial charge in [-0.25, -0.2) is 9.97 Å². The number of methoxy groups -OCH3 is 1. The molecule has 2 fully saturated rings. The highest BCUT2D eigenvalue weighted by atomic mass is 16.5. The van der Waals surface area contributed by atoms with Gasteiger partial charge in [0.1, 0.15) is 17.9 Å². The van der Waals surface area contributed by atoms with E-state index in [0.29, 0.717) is 6.54 Å². The van der Waals surface area contributed by atoms with Crippen LogP contribution in [0.4, 0.5) is 11.5 Å². The lowest BCUT2D eigenvalue weighted by Crippen LogP contribution is -2.52. The number of carbonyl (C=O) groups is 1. The van der Waals surface area contributed by atoms with Crippen molar-refractivity contribution in [3.63, 3.8) is 0 Å². The molecular weight excluding hydrogens is 450 g/mol. The van der Waals surface area contributed by atoms with E-state index >= 15 is 0 Å². The SMILES string of the molecule is COc1ccc(-c2cc(N3CCCC(C(=O)N4CCN(c5cc(C)ccc5C)CC4)C3)ncn2)cc1. The van der Waals surface area contributed by atoms with Gasteiger partial charge >= 0.3 is 0 Å². The molecule has 2 aromatic carbocycles. The lowest BCUT2D eigenvalue weighted by Gasteiger charge is -2.40. The van der Waals surface area contributed by atoms with Crippen molar-refractivity contribution in [2.45, 2.75) is 26.7 Å². The second-order valence-electron chi connectivity index (χ2n) is 9.88. The molecular formula is C29H35N5O2. The van der Waals surface area contributed by atoms with Gasteiger partial charge in [0.2, 0.25) is 5.91 Å². The summed E-state index contributed by atoms with van der Waals surface area (Å²) in [6.45, 7) is 9.21. The summed E-state index contributed by atoms with van der Waals surface area (Å²) in [5.74, 6) is 1.99. The molecule has 0 saturated carbocycles. The smallest absolute Gasteiger partial charge is 0.227 e. The van der Waals surface area contributed by atoms with Crippen molar-refractivity contribution in [1.29, 1.82) is 0 Å². The van der Waals surface area contributed by atoms with Crippen LogP contribution in [-0.2, 0) is 4.79 Å². The highest BCUT2D eigenvalue weighted by Gasteiger charge is 2.32. The van der Waals surface area contributed by atoms with E-state index in [1.54, 1.807) is 13.4 Å². The maximum atomic E-state index is 13.5. The molecule has 7 heteroatoms. The lowest BCUT2D eigenvalue weighted by molar-refractivity contribution is -0.136. The molecule has 1 amide bonds. The molecule has 2 aliphatic rings. The summed E-state index contributed by atoms with van der Waals surface area (Å²) in [6, 6.07) is 16.5. The van der Waals surface area contributed by atoms with Crippen LogP contribution in [0.15, 0.2) is 54.9 Å². The van der Waals surface area contributed by atoms with E-state index in [1.807, 2.05) is 30.3 Å². The van der Waals surface area contributed by atoms with Gasteiger partial charge in [-0.3, -0.25) is 4.79 Å². The molecule has 2 aliphatic heterocycles. The van der Waals surface area contributed by atoms with Crippen molar-refractivity contribution in [3.8, 4) is 17.0 Å². The van der Waals surface area contributed by atoms with Crippen molar-refractivity contribution in [2.75, 3.05) is 56.2 Å². The van der Waals surface area contributed by atoms with Crippen LogP contribution in [0.25, 0.3) is 11.3 Å². The fourth-order valence-corrected chi connectivity index (χ4v) is 5.31. The topological polar surface area (TPSA) is 61.8 Å². The largest absolute Gasteiger partial charge is 0.497 e. The number of aromatic nitrogens is 2. The Hall–Kier alpha value is -3.61. The van der Waals surface area contributed by atoms with E-state index in [1.165, 1.54) is 16.8 Å². The summed E-state index contributed by atoms with van der Waals surface area (Å²) in [7, 11) is 1.66. The number of carbonyl (C=O) groups excluding carboxylic acids is 1. The second kappa shape index (κ2) is 10.6. The number of rotatable bonds is 5. The second-order valence-corrected chi connectivity index (χ2v) is 9.88. The zero-order valence-corrected chi connectivity index (χ0v) is 21.5. The van der Waals surface area contributed by atoms with Crippen LogP contribution in [0.3, 0.4) is 0 Å². The molecule has 5 rings (SSSR count). The Kier molecular flexibility index (Phi) is 7.07. The third-order valence-electron chi connectivity index (χ3n) is 7.43. The third-order valence-corrected chi connectivity index (χ3v) is 7.43. The number of piperazine rings is 1. The van der Waals surface area contributed by atoms with E-state index < -0.39 is 0 Å². The Morgan fingerprint density at radius 3 is 2.44 bits per heavy atom. The number of hydrogen-bond acceptors (Lipinski definition) is 6. The summed E-state index contributed by atoms with van der Waals surface area (Å²) in [4.78, 5) is 29.2. The molecule has 2 saturated heterocycles. The van der Waals surface area contributed by atoms with Crippen LogP contribution in [0, 0.1) is 19.8 Å². The number of hydrogen-bond donors (Lipinski definition) is 0. The van der Waals surface area contributed by atoms with Crippen molar-refractivity contribution in [3.05, 3.63) is 66.0 Å². The number of nitrogens with zero attached hydrogens (tertiary/aromatic N) is 5. The minimum Gasteiger partial charge on any atom is -0.497 e. The van der Waals surface area contributed by atoms with Crippen LogP contribution in [0.2, 0.25) is 0 Å². The standard InChI is InChI=1S/C29H35N5O2/c1-21-6-7-22(2)27(17-21)32-13-15-33(16-14-32)29(35)24-5-4-12-34(19-24)28-18-26(30-20-31-28)23-8-10-25(36-3)11-9-23/h6-11,17-18,20,24H,4-5,12-16,19H2,1-3H3. The average molecular weight is 486 g/mol. The molecule has 7 nitrogen and oxygen atoms in total. The van der Waals surface area contributed by atoms with Crippen molar-refractivity contribution in [2.24, 2.45) is 5.92 Å². The molecule has 0 bridgehead atoms. The van der Waals surface area contributed by atoms with E-state index in [-0.39, 0.29) is 11.8 Å². The van der Waals surface area contributed by atoms with Crippen LogP contribution >= 0.6 is 0 Å². The molecule has 188 valence electrons. The number of benzene rings is 2. The maximum absolute atomic E-state index is 13.5. The van der Waals surface area contributed by atoms with Gasteiger partial charge in [-0.15, -0.1) is 0 Å². The fraction of sp³-hybridized carbons (Fsp3) is 0.414. The number of ether oxygens (including phenoxy) is 1. The van der Waals surface area contributed by atoms with Crippen LogP contribution < -0.4 is 14.5 Å². The molecule has 0 radical (unpaired) electrons. The van der Waals surface area contributed by atoms with Gasteiger partial charge in [-0.05, 0) is 68.1 Å². The molecule has 0 aliphatic carbocycles. The van der Waals surface area contributed by atoms with Gasteiger partial charge < -0.3 is 19.4 Å². The normalized spacial score (nSPS) is 18.3. The molecule has 1 aromatic heterocycles. The Balaban J connectivity index is 1.22. The number of aryl methyl sites for hydroxylation is 2. The molecule has 0 N–H and O–H groups in total. The van der Waals surface area contributed by atoms with Gasteiger partial charge in [0.25, 0.3) is 0 Å². The van der Waals surface area contributed by atoms with E-state index in [0.717, 1.165) is 68.4 Å². The summed E-state index contributed by atoms with van der Waals surface area (Å²) in [5, 5.41) is 0. The van der Waals surface area contributed by atoms with E-state index in [9.17, 15) is 4.79 Å². The maximum Gasteiger partial charge on any atom is 0.227 e. The minimum atomic E-state index is 0.00501. The fourth-order valence-electron chi connectivity index (χ4n) is 5.31. The highest BCUT2D eigenvalue weighted by molar-refractivity contribution is 5.80. The predicted octanol–water partition coefficient (Wildman–Crippen LogP) is 4.33. The molecule has 1 atom stereocenters. The van der Waals surface area contributed by atoms with Crippen LogP contribution in [-0.4, -0.2) is 67.2 Å². The summed E-state index contributed by atoms with van der Waals surface area (Å²) < 4.78 is 5.27. The number of amides is 1. The Bertz CT molecular complexity index is 1200. The molecule has 36 heavy (non-hydrogen) atoms. The molecule has 3 heterocycles. The third kappa shape index (κ3) is 5.15. The summed E-state index contributed by atoms with van der Waals surface area (Å²) >= 11 is 0. The Labute approximate surface area is 213 Å². The highest BCUT2D eigenvalue weighted by Crippen LogP contribution is 2.28. The van der Waals surface area contributed by atoms with Gasteiger partial charge in [0.05, 0.1) is 18.7 Å². The Morgan fingerprint density at radius 1 is 0.917 bits per heavy atom. The van der Waals surface area contributed by atoms with Crippen molar-refractivity contribution < 1.29 is 9.53 Å². The Morgan fingerprint density at radius 2 is 1.69 bits per heavy atom. The zero-order valence-electron chi connectivity index (χ0n) is 21.5. The molecule has 1 unspecified atom stereocenters. The van der Waals surface area contributed by atoms with E-state index in [4.69, 9.17) is 4.74 Å². The first-order chi connectivity index (χ1) is 17.5. The van der Waals surface area contributed by atoms with Crippen molar-refractivity contribution >= 4 is 17.4 Å². The minimum absolute atomic E-state index is 0.00501. The summed E-state index contributed by atoms with van der Waals surface area (Å²) in [6.07, 6.45) is 3.54. The predicted molar refractivity (Wildman–Crippen MR) is 144 cm³/mol. The average Bonchev–Trinajstić information content (AvgIpc) is 2.94. The van der Waals surface area contributed by atoms with Crippen LogP contribution in [0.1, 0.15) is 24.0 Å². The molecule has 3 aromatic rings. The first-order valence-electron chi connectivity index (χ1n) is 12.8. The number of anilines is 2. The van der Waals surface area contributed by atoms with Crippen molar-refractivity contribution in [1.82, 2.24) is 14.9 Å². The molecule has 0 spiro atoms. The van der Waals surface area contributed by atoms with Crippen LogP contribution in [0.5, 0.6) is 5.75 Å². The summed E-state index contributed by atoms with van der Waals surface area (Å²) in [5.41, 5.74) is 5.75. The van der Waals surface area contributed by atoms with Gasteiger partial charge in [-0.1, -0.05) is 12.1 Å².